The zero-order chi connectivity index (χ0) is 15.6. The van der Waals surface area contributed by atoms with Crippen molar-refractivity contribution in [2.24, 2.45) is 0 Å². The Labute approximate surface area is 126 Å². The van der Waals surface area contributed by atoms with Gasteiger partial charge in [-0.1, -0.05) is 12.1 Å². The Morgan fingerprint density at radius 1 is 1.32 bits per heavy atom. The Morgan fingerprint density at radius 3 is 2.86 bits per heavy atom. The predicted molar refractivity (Wildman–Crippen MR) is 73.1 cm³/mol. The number of morpholine rings is 1. The van der Waals surface area contributed by atoms with Gasteiger partial charge < -0.3 is 19.1 Å². The molecule has 0 aliphatic carbocycles. The molecule has 7 heteroatoms. The van der Waals surface area contributed by atoms with Crippen LogP contribution in [0.5, 0.6) is 5.75 Å². The standard InChI is InChI=1S/C15H17F2NO4/c16-14(17)22-12-4-2-1-3-11(12)13(19)18-6-8-21-15(9-18)5-7-20-10-15/h1-4,14H,5-10H2. The van der Waals surface area contributed by atoms with Crippen LogP contribution in [-0.4, -0.2) is 55.9 Å². The van der Waals surface area contributed by atoms with Gasteiger partial charge in [0.15, 0.2) is 0 Å². The van der Waals surface area contributed by atoms with Crippen molar-refractivity contribution in [1.29, 1.82) is 0 Å². The highest BCUT2D eigenvalue weighted by Gasteiger charge is 2.42. The van der Waals surface area contributed by atoms with Crippen LogP contribution in [0.1, 0.15) is 16.8 Å². The lowest BCUT2D eigenvalue weighted by Gasteiger charge is -2.39. The lowest BCUT2D eigenvalue weighted by Crippen LogP contribution is -2.54. The van der Waals surface area contributed by atoms with E-state index in [1.54, 1.807) is 17.0 Å². The van der Waals surface area contributed by atoms with Gasteiger partial charge in [0.1, 0.15) is 11.4 Å². The molecule has 1 aromatic carbocycles. The molecule has 0 bridgehead atoms. The summed E-state index contributed by atoms with van der Waals surface area (Å²) in [5, 5.41) is 0. The molecule has 2 aliphatic heterocycles. The van der Waals surface area contributed by atoms with E-state index in [-0.39, 0.29) is 17.2 Å². The maximum Gasteiger partial charge on any atom is 0.387 e. The average Bonchev–Trinajstić information content (AvgIpc) is 2.94. The molecular weight excluding hydrogens is 296 g/mol. The molecule has 1 amide bonds. The molecule has 2 fully saturated rings. The first-order valence-electron chi connectivity index (χ1n) is 7.14. The fraction of sp³-hybridized carbons (Fsp3) is 0.533. The Bertz CT molecular complexity index is 546. The Balaban J connectivity index is 1.79. The second-order valence-electron chi connectivity index (χ2n) is 5.44. The van der Waals surface area contributed by atoms with Crippen LogP contribution in [0.25, 0.3) is 0 Å². The quantitative estimate of drug-likeness (QED) is 0.855. The van der Waals surface area contributed by atoms with Crippen LogP contribution in [0, 0.1) is 0 Å². The van der Waals surface area contributed by atoms with Gasteiger partial charge in [-0.25, -0.2) is 0 Å². The molecule has 1 unspecified atom stereocenters. The number of nitrogens with zero attached hydrogens (tertiary/aromatic N) is 1. The number of alkyl halides is 2. The Hall–Kier alpha value is -1.73. The summed E-state index contributed by atoms with van der Waals surface area (Å²) in [4.78, 5) is 14.3. The number of hydrogen-bond donors (Lipinski definition) is 0. The van der Waals surface area contributed by atoms with Gasteiger partial charge in [0, 0.05) is 19.6 Å². The first-order valence-corrected chi connectivity index (χ1v) is 7.14. The summed E-state index contributed by atoms with van der Waals surface area (Å²) in [5.74, 6) is -0.434. The van der Waals surface area contributed by atoms with E-state index in [9.17, 15) is 13.6 Å². The summed E-state index contributed by atoms with van der Waals surface area (Å²) in [6, 6.07) is 6.04. The van der Waals surface area contributed by atoms with Gasteiger partial charge in [-0.15, -0.1) is 0 Å². The van der Waals surface area contributed by atoms with Crippen molar-refractivity contribution in [3.8, 4) is 5.75 Å². The molecule has 3 rings (SSSR count). The second kappa shape index (κ2) is 6.18. The van der Waals surface area contributed by atoms with Crippen LogP contribution in [-0.2, 0) is 9.47 Å². The van der Waals surface area contributed by atoms with Gasteiger partial charge in [-0.3, -0.25) is 4.79 Å². The summed E-state index contributed by atoms with van der Waals surface area (Å²) in [6.45, 7) is -0.682. The van der Waals surface area contributed by atoms with Crippen LogP contribution in [0.4, 0.5) is 8.78 Å². The van der Waals surface area contributed by atoms with Crippen LogP contribution < -0.4 is 4.74 Å². The molecule has 0 N–H and O–H groups in total. The fourth-order valence-corrected chi connectivity index (χ4v) is 2.86. The summed E-state index contributed by atoms with van der Waals surface area (Å²) >= 11 is 0. The van der Waals surface area contributed by atoms with Gasteiger partial charge in [-0.2, -0.15) is 8.78 Å². The number of amides is 1. The molecule has 0 saturated carbocycles. The molecule has 1 spiro atoms. The minimum Gasteiger partial charge on any atom is -0.434 e. The van der Waals surface area contributed by atoms with Gasteiger partial charge >= 0.3 is 6.61 Å². The first-order chi connectivity index (χ1) is 10.6. The largest absolute Gasteiger partial charge is 0.434 e. The number of carbonyl (C=O) groups is 1. The normalized spacial score (nSPS) is 25.0. The highest BCUT2D eigenvalue weighted by molar-refractivity contribution is 5.97. The van der Waals surface area contributed by atoms with E-state index < -0.39 is 12.2 Å². The molecule has 1 aromatic rings. The zero-order valence-electron chi connectivity index (χ0n) is 12.0. The SMILES string of the molecule is O=C(c1ccccc1OC(F)F)N1CCOC2(CCOC2)C1. The molecule has 5 nitrogen and oxygen atoms in total. The maximum atomic E-state index is 12.6. The summed E-state index contributed by atoms with van der Waals surface area (Å²) in [7, 11) is 0. The minimum absolute atomic E-state index is 0.106. The monoisotopic (exact) mass is 313 g/mol. The number of carbonyl (C=O) groups excluding carboxylic acids is 1. The number of rotatable bonds is 3. The zero-order valence-corrected chi connectivity index (χ0v) is 12.0. The highest BCUT2D eigenvalue weighted by Crippen LogP contribution is 2.29. The fourth-order valence-electron chi connectivity index (χ4n) is 2.86. The molecule has 0 radical (unpaired) electrons. The van der Waals surface area contributed by atoms with Crippen LogP contribution in [0.15, 0.2) is 24.3 Å². The lowest BCUT2D eigenvalue weighted by molar-refractivity contribution is -0.0997. The third kappa shape index (κ3) is 3.05. The van der Waals surface area contributed by atoms with Crippen molar-refractivity contribution >= 4 is 5.91 Å². The third-order valence-electron chi connectivity index (χ3n) is 3.94. The Kier molecular flexibility index (Phi) is 4.26. The first kappa shape index (κ1) is 15.2. The van der Waals surface area contributed by atoms with Crippen molar-refractivity contribution in [3.05, 3.63) is 29.8 Å². The van der Waals surface area contributed by atoms with E-state index in [1.165, 1.54) is 12.1 Å². The smallest absolute Gasteiger partial charge is 0.387 e. The number of benzene rings is 1. The second-order valence-corrected chi connectivity index (χ2v) is 5.44. The van der Waals surface area contributed by atoms with E-state index in [1.807, 2.05) is 0 Å². The van der Waals surface area contributed by atoms with Gasteiger partial charge in [0.05, 0.1) is 25.3 Å². The van der Waals surface area contributed by atoms with Crippen molar-refractivity contribution in [2.45, 2.75) is 18.6 Å². The number of hydrogen-bond acceptors (Lipinski definition) is 4. The summed E-state index contributed by atoms with van der Waals surface area (Å²) < 4.78 is 40.5. The molecule has 22 heavy (non-hydrogen) atoms. The van der Waals surface area contributed by atoms with Gasteiger partial charge in [-0.05, 0) is 12.1 Å². The van der Waals surface area contributed by atoms with Gasteiger partial charge in [0.2, 0.25) is 0 Å². The van der Waals surface area contributed by atoms with E-state index >= 15 is 0 Å². The molecular formula is C15H17F2NO4. The van der Waals surface area contributed by atoms with Crippen molar-refractivity contribution in [2.75, 3.05) is 32.9 Å². The van der Waals surface area contributed by atoms with E-state index in [4.69, 9.17) is 9.47 Å². The van der Waals surface area contributed by atoms with Crippen molar-refractivity contribution in [1.82, 2.24) is 4.90 Å². The molecule has 2 aliphatic rings. The van der Waals surface area contributed by atoms with E-state index in [2.05, 4.69) is 4.74 Å². The number of para-hydroxylation sites is 1. The summed E-state index contributed by atoms with van der Waals surface area (Å²) in [5.41, 5.74) is -0.328. The summed E-state index contributed by atoms with van der Waals surface area (Å²) in [6.07, 6.45) is 0.728. The van der Waals surface area contributed by atoms with Crippen molar-refractivity contribution in [3.63, 3.8) is 0 Å². The number of ether oxygens (including phenoxy) is 3. The highest BCUT2D eigenvalue weighted by atomic mass is 19.3. The minimum atomic E-state index is -2.96. The molecule has 2 saturated heterocycles. The van der Waals surface area contributed by atoms with Crippen LogP contribution in [0.2, 0.25) is 0 Å². The Morgan fingerprint density at radius 2 is 2.14 bits per heavy atom. The van der Waals surface area contributed by atoms with Gasteiger partial charge in [0.25, 0.3) is 5.91 Å². The maximum absolute atomic E-state index is 12.6. The van der Waals surface area contributed by atoms with Crippen LogP contribution >= 0.6 is 0 Å². The average molecular weight is 313 g/mol. The lowest BCUT2D eigenvalue weighted by atomic mass is 10.00. The molecule has 2 heterocycles. The molecule has 120 valence electrons. The topological polar surface area (TPSA) is 48.0 Å². The van der Waals surface area contributed by atoms with E-state index in [0.717, 1.165) is 6.42 Å². The number of halogens is 2. The molecule has 1 atom stereocenters. The van der Waals surface area contributed by atoms with Crippen molar-refractivity contribution < 1.29 is 27.8 Å². The van der Waals surface area contributed by atoms with E-state index in [0.29, 0.717) is 32.9 Å². The molecule has 0 aromatic heterocycles. The predicted octanol–water partition coefficient (Wildman–Crippen LogP) is 1.92. The third-order valence-corrected chi connectivity index (χ3v) is 3.94. The van der Waals surface area contributed by atoms with Crippen LogP contribution in [0.3, 0.4) is 0 Å².